The van der Waals surface area contributed by atoms with Gasteiger partial charge in [-0.05, 0) is 81.9 Å². The SMILES string of the molecule is CN(CCC(Oc1cccc2cc(OCCN3CCCC3)ccc12)c1ccccc1)C(=O)OC(C)(C)C. The highest BCUT2D eigenvalue weighted by Gasteiger charge is 2.22. The summed E-state index contributed by atoms with van der Waals surface area (Å²) in [5, 5.41) is 2.12. The lowest BCUT2D eigenvalue weighted by Crippen LogP contribution is -2.35. The summed E-state index contributed by atoms with van der Waals surface area (Å²) in [6, 6.07) is 22.4. The highest BCUT2D eigenvalue weighted by atomic mass is 16.6. The fraction of sp³-hybridized carbons (Fsp3) is 0.452. The topological polar surface area (TPSA) is 51.2 Å². The van der Waals surface area contributed by atoms with Gasteiger partial charge in [0.25, 0.3) is 0 Å². The molecule has 0 saturated carbocycles. The number of fused-ring (bicyclic) bond motifs is 1. The normalized spacial score (nSPS) is 14.9. The summed E-state index contributed by atoms with van der Waals surface area (Å²) in [5.74, 6) is 1.69. The van der Waals surface area contributed by atoms with E-state index in [0.29, 0.717) is 19.6 Å². The van der Waals surface area contributed by atoms with Gasteiger partial charge < -0.3 is 19.1 Å². The molecule has 1 heterocycles. The van der Waals surface area contributed by atoms with Crippen LogP contribution in [-0.2, 0) is 4.74 Å². The number of hydrogen-bond acceptors (Lipinski definition) is 5. The highest BCUT2D eigenvalue weighted by molar-refractivity contribution is 5.89. The van der Waals surface area contributed by atoms with Crippen molar-refractivity contribution < 1.29 is 19.0 Å². The molecule has 6 nitrogen and oxygen atoms in total. The van der Waals surface area contributed by atoms with E-state index >= 15 is 0 Å². The van der Waals surface area contributed by atoms with Gasteiger partial charge in [-0.15, -0.1) is 0 Å². The zero-order chi connectivity index (χ0) is 26.3. The predicted molar refractivity (Wildman–Crippen MR) is 148 cm³/mol. The van der Waals surface area contributed by atoms with Gasteiger partial charge in [0, 0.05) is 31.9 Å². The van der Waals surface area contributed by atoms with Gasteiger partial charge in [0.2, 0.25) is 0 Å². The Morgan fingerprint density at radius 2 is 1.76 bits per heavy atom. The Balaban J connectivity index is 1.45. The molecule has 0 spiro atoms. The van der Waals surface area contributed by atoms with Gasteiger partial charge in [0.05, 0.1) is 0 Å². The van der Waals surface area contributed by atoms with Crippen molar-refractivity contribution in [1.82, 2.24) is 9.80 Å². The fourth-order valence-electron chi connectivity index (χ4n) is 4.58. The van der Waals surface area contributed by atoms with Crippen LogP contribution in [0.4, 0.5) is 4.79 Å². The van der Waals surface area contributed by atoms with Crippen molar-refractivity contribution in [2.24, 2.45) is 0 Å². The van der Waals surface area contributed by atoms with Crippen molar-refractivity contribution in [3.05, 3.63) is 72.3 Å². The number of carbonyl (C=O) groups is 1. The van der Waals surface area contributed by atoms with Crippen LogP contribution in [0, 0.1) is 0 Å². The molecule has 1 fully saturated rings. The molecule has 198 valence electrons. The van der Waals surface area contributed by atoms with Crippen LogP contribution in [0.25, 0.3) is 10.8 Å². The molecule has 1 amide bonds. The number of likely N-dealkylation sites (tertiary alicyclic amines) is 1. The third-order valence-corrected chi connectivity index (χ3v) is 6.56. The van der Waals surface area contributed by atoms with Gasteiger partial charge in [-0.3, -0.25) is 4.90 Å². The van der Waals surface area contributed by atoms with E-state index < -0.39 is 5.60 Å². The van der Waals surface area contributed by atoms with Gasteiger partial charge in [0.1, 0.15) is 29.8 Å². The maximum absolute atomic E-state index is 12.5. The van der Waals surface area contributed by atoms with Crippen LogP contribution >= 0.6 is 0 Å². The zero-order valence-corrected chi connectivity index (χ0v) is 22.6. The van der Waals surface area contributed by atoms with Crippen LogP contribution in [0.5, 0.6) is 11.5 Å². The second-order valence-corrected chi connectivity index (χ2v) is 10.7. The molecule has 1 saturated heterocycles. The number of hydrogen-bond donors (Lipinski definition) is 0. The molecule has 1 unspecified atom stereocenters. The van der Waals surface area contributed by atoms with E-state index in [9.17, 15) is 4.79 Å². The molecule has 0 radical (unpaired) electrons. The quantitative estimate of drug-likeness (QED) is 0.308. The van der Waals surface area contributed by atoms with Crippen molar-refractivity contribution in [3.8, 4) is 11.5 Å². The number of nitrogens with zero attached hydrogens (tertiary/aromatic N) is 2. The molecule has 0 aliphatic carbocycles. The highest BCUT2D eigenvalue weighted by Crippen LogP contribution is 2.33. The van der Waals surface area contributed by atoms with E-state index in [1.807, 2.05) is 57.2 Å². The molecule has 6 heteroatoms. The fourth-order valence-corrected chi connectivity index (χ4v) is 4.58. The lowest BCUT2D eigenvalue weighted by atomic mass is 10.1. The maximum atomic E-state index is 12.5. The molecule has 0 bridgehead atoms. The minimum Gasteiger partial charge on any atom is -0.492 e. The van der Waals surface area contributed by atoms with E-state index in [0.717, 1.165) is 34.4 Å². The predicted octanol–water partition coefficient (Wildman–Crippen LogP) is 6.69. The van der Waals surface area contributed by atoms with Crippen molar-refractivity contribution in [1.29, 1.82) is 0 Å². The van der Waals surface area contributed by atoms with E-state index in [2.05, 4.69) is 35.2 Å². The Hall–Kier alpha value is -3.25. The number of benzene rings is 3. The summed E-state index contributed by atoms with van der Waals surface area (Å²) >= 11 is 0. The summed E-state index contributed by atoms with van der Waals surface area (Å²) < 4.78 is 18.2. The molecule has 1 atom stereocenters. The largest absolute Gasteiger partial charge is 0.492 e. The summed E-state index contributed by atoms with van der Waals surface area (Å²) in [7, 11) is 1.76. The Morgan fingerprint density at radius 3 is 2.49 bits per heavy atom. The molecule has 0 aromatic heterocycles. The van der Waals surface area contributed by atoms with Gasteiger partial charge in [-0.25, -0.2) is 4.79 Å². The Morgan fingerprint density at radius 1 is 1.00 bits per heavy atom. The summed E-state index contributed by atoms with van der Waals surface area (Å²) in [4.78, 5) is 16.5. The second-order valence-electron chi connectivity index (χ2n) is 10.7. The summed E-state index contributed by atoms with van der Waals surface area (Å²) in [6.45, 7) is 10.2. The lowest BCUT2D eigenvalue weighted by molar-refractivity contribution is 0.0278. The molecule has 1 aliphatic rings. The monoisotopic (exact) mass is 504 g/mol. The first-order valence-corrected chi connectivity index (χ1v) is 13.3. The van der Waals surface area contributed by atoms with Crippen molar-refractivity contribution in [2.45, 2.75) is 51.7 Å². The van der Waals surface area contributed by atoms with Gasteiger partial charge in [-0.1, -0.05) is 42.5 Å². The van der Waals surface area contributed by atoms with Gasteiger partial charge >= 0.3 is 6.09 Å². The first-order valence-electron chi connectivity index (χ1n) is 13.3. The number of carbonyl (C=O) groups excluding carboxylic acids is 1. The van der Waals surface area contributed by atoms with Crippen LogP contribution < -0.4 is 9.47 Å². The summed E-state index contributed by atoms with van der Waals surface area (Å²) in [5.41, 5.74) is 0.541. The lowest BCUT2D eigenvalue weighted by Gasteiger charge is -2.27. The Labute approximate surface area is 221 Å². The number of amides is 1. The van der Waals surface area contributed by atoms with E-state index in [4.69, 9.17) is 14.2 Å². The minimum absolute atomic E-state index is 0.215. The molecule has 3 aromatic carbocycles. The standard InChI is InChI=1S/C31H40N2O4/c1-31(2,3)37-30(34)32(4)20-17-28(24-11-6-5-7-12-24)36-29-14-10-13-25-23-26(15-16-27(25)29)35-22-21-33-18-8-9-19-33/h5-7,10-16,23,28H,8-9,17-22H2,1-4H3. The number of ether oxygens (including phenoxy) is 3. The third-order valence-electron chi connectivity index (χ3n) is 6.56. The average Bonchev–Trinajstić information content (AvgIpc) is 3.39. The Kier molecular flexibility index (Phi) is 8.93. The van der Waals surface area contributed by atoms with E-state index in [1.165, 1.54) is 25.9 Å². The first-order chi connectivity index (χ1) is 17.8. The van der Waals surface area contributed by atoms with Crippen molar-refractivity contribution in [3.63, 3.8) is 0 Å². The second kappa shape index (κ2) is 12.3. The molecule has 37 heavy (non-hydrogen) atoms. The molecular weight excluding hydrogens is 464 g/mol. The molecule has 0 N–H and O–H groups in total. The van der Waals surface area contributed by atoms with Crippen molar-refractivity contribution >= 4 is 16.9 Å². The summed E-state index contributed by atoms with van der Waals surface area (Å²) in [6.07, 6.45) is 2.67. The van der Waals surface area contributed by atoms with Gasteiger partial charge in [0.15, 0.2) is 0 Å². The van der Waals surface area contributed by atoms with Crippen LogP contribution in [0.15, 0.2) is 66.7 Å². The maximum Gasteiger partial charge on any atom is 0.410 e. The van der Waals surface area contributed by atoms with Gasteiger partial charge in [-0.2, -0.15) is 0 Å². The third kappa shape index (κ3) is 7.86. The first kappa shape index (κ1) is 26.8. The molecular formula is C31H40N2O4. The molecule has 1 aliphatic heterocycles. The zero-order valence-electron chi connectivity index (χ0n) is 22.6. The number of rotatable bonds is 10. The van der Waals surface area contributed by atoms with Crippen LogP contribution in [0.1, 0.15) is 51.7 Å². The van der Waals surface area contributed by atoms with Crippen LogP contribution in [0.2, 0.25) is 0 Å². The van der Waals surface area contributed by atoms with Crippen LogP contribution in [0.3, 0.4) is 0 Å². The smallest absolute Gasteiger partial charge is 0.410 e. The minimum atomic E-state index is -0.527. The van der Waals surface area contributed by atoms with Crippen molar-refractivity contribution in [2.75, 3.05) is 39.8 Å². The average molecular weight is 505 g/mol. The molecule has 4 rings (SSSR count). The molecule has 3 aromatic rings. The Bertz CT molecular complexity index is 1150. The van der Waals surface area contributed by atoms with Crippen LogP contribution in [-0.4, -0.2) is 61.3 Å². The van der Waals surface area contributed by atoms with E-state index in [-0.39, 0.29) is 12.2 Å². The van der Waals surface area contributed by atoms with E-state index in [1.54, 1.807) is 11.9 Å².